The van der Waals surface area contributed by atoms with Gasteiger partial charge in [0, 0.05) is 28.9 Å². The highest BCUT2D eigenvalue weighted by molar-refractivity contribution is 6.34. The van der Waals surface area contributed by atoms with E-state index in [2.05, 4.69) is 72.0 Å². The van der Waals surface area contributed by atoms with Crippen molar-refractivity contribution in [2.24, 2.45) is 0 Å². The number of benzene rings is 4. The molecule has 0 spiro atoms. The fourth-order valence-electron chi connectivity index (χ4n) is 4.96. The molecule has 1 N–H and O–H groups in total. The third kappa shape index (κ3) is 8.59. The van der Waals surface area contributed by atoms with E-state index in [9.17, 15) is 0 Å². The third-order valence-corrected chi connectivity index (χ3v) is 7.34. The Labute approximate surface area is 247 Å². The largest absolute Gasteiger partial charge is 0.494 e. The number of nitrogens with one attached hydrogen (secondary N) is 1. The topological polar surface area (TPSA) is 39.7 Å². The van der Waals surface area contributed by atoms with Crippen LogP contribution in [-0.4, -0.2) is 32.4 Å². The van der Waals surface area contributed by atoms with Crippen LogP contribution in [0.5, 0.6) is 5.75 Å². The maximum Gasteiger partial charge on any atom is 0.119 e. The molecule has 39 heavy (non-hydrogen) atoms. The predicted molar refractivity (Wildman–Crippen MR) is 163 cm³/mol. The van der Waals surface area contributed by atoms with E-state index in [1.807, 2.05) is 12.1 Å². The first-order chi connectivity index (χ1) is 18.6. The van der Waals surface area contributed by atoms with Crippen molar-refractivity contribution < 1.29 is 14.2 Å². The molecule has 4 aromatic carbocycles. The van der Waals surface area contributed by atoms with Gasteiger partial charge in [0.25, 0.3) is 0 Å². The number of halogens is 3. The molecule has 1 fully saturated rings. The summed E-state index contributed by atoms with van der Waals surface area (Å²) in [6.07, 6.45) is 1.99. The molecule has 0 radical (unpaired) electrons. The first-order valence-electron chi connectivity index (χ1n) is 13.2. The summed E-state index contributed by atoms with van der Waals surface area (Å²) in [6.45, 7) is 4.16. The minimum absolute atomic E-state index is 0. The zero-order valence-corrected chi connectivity index (χ0v) is 24.1. The van der Waals surface area contributed by atoms with Crippen molar-refractivity contribution in [2.75, 3.05) is 26.3 Å². The highest BCUT2D eigenvalue weighted by Gasteiger charge is 2.27. The number of hydrogen-bond acceptors (Lipinski definition) is 4. The maximum absolute atomic E-state index is 6.44. The summed E-state index contributed by atoms with van der Waals surface area (Å²) in [4.78, 5) is 0. The summed E-state index contributed by atoms with van der Waals surface area (Å²) in [6, 6.07) is 28.9. The van der Waals surface area contributed by atoms with Crippen molar-refractivity contribution in [3.8, 4) is 5.75 Å². The van der Waals surface area contributed by atoms with Gasteiger partial charge in [-0.2, -0.15) is 0 Å². The minimum Gasteiger partial charge on any atom is -0.494 e. The first kappa shape index (κ1) is 29.7. The van der Waals surface area contributed by atoms with Gasteiger partial charge in [-0.1, -0.05) is 71.7 Å². The lowest BCUT2D eigenvalue weighted by atomic mass is 9.87. The Kier molecular flexibility index (Phi) is 11.3. The van der Waals surface area contributed by atoms with Gasteiger partial charge in [0.15, 0.2) is 0 Å². The number of fused-ring (bicyclic) bond motifs is 1. The second-order valence-corrected chi connectivity index (χ2v) is 10.6. The normalized spacial score (nSPS) is 17.1. The third-order valence-electron chi connectivity index (χ3n) is 6.91. The predicted octanol–water partition coefficient (Wildman–Crippen LogP) is 8.22. The molecule has 2 unspecified atom stereocenters. The van der Waals surface area contributed by atoms with E-state index in [4.69, 9.17) is 37.4 Å². The number of rotatable bonds is 11. The fourth-order valence-corrected chi connectivity index (χ4v) is 5.54. The molecule has 1 saturated heterocycles. The second kappa shape index (κ2) is 14.9. The quantitative estimate of drug-likeness (QED) is 0.180. The van der Waals surface area contributed by atoms with Gasteiger partial charge in [-0.3, -0.25) is 0 Å². The summed E-state index contributed by atoms with van der Waals surface area (Å²) >= 11 is 12.1. The van der Waals surface area contributed by atoms with Gasteiger partial charge in [0.05, 0.1) is 32.5 Å². The number of ether oxygens (including phenoxy) is 3. The molecule has 0 amide bonds. The number of hydrogen-bond donors (Lipinski definition) is 1. The molecule has 4 nitrogen and oxygen atoms in total. The number of piperidine rings is 1. The highest BCUT2D eigenvalue weighted by Crippen LogP contribution is 2.30. The van der Waals surface area contributed by atoms with Crippen LogP contribution in [-0.2, 0) is 22.7 Å². The molecule has 206 valence electrons. The molecule has 7 heteroatoms. The lowest BCUT2D eigenvalue weighted by Gasteiger charge is -2.32. The Morgan fingerprint density at radius 1 is 0.769 bits per heavy atom. The van der Waals surface area contributed by atoms with E-state index in [0.29, 0.717) is 42.4 Å². The van der Waals surface area contributed by atoms with E-state index in [1.165, 1.54) is 21.9 Å². The Morgan fingerprint density at radius 3 is 2.33 bits per heavy atom. The van der Waals surface area contributed by atoms with Crippen molar-refractivity contribution in [2.45, 2.75) is 38.1 Å². The molecule has 0 bridgehead atoms. The molecule has 1 heterocycles. The summed E-state index contributed by atoms with van der Waals surface area (Å²) in [5.41, 5.74) is 3.47. The van der Waals surface area contributed by atoms with Crippen molar-refractivity contribution in [3.63, 3.8) is 0 Å². The van der Waals surface area contributed by atoms with Crippen LogP contribution in [0.3, 0.4) is 0 Å². The zero-order chi connectivity index (χ0) is 26.2. The Bertz CT molecular complexity index is 1310. The van der Waals surface area contributed by atoms with Gasteiger partial charge in [-0.15, -0.1) is 12.4 Å². The van der Waals surface area contributed by atoms with E-state index in [1.54, 1.807) is 6.07 Å². The SMILES string of the molecule is Cl.Clc1cc(Cl)cc(COCCCOc2ccc(C3CCNCC3OCc3ccc4ccccc4c3)cc2)c1. The van der Waals surface area contributed by atoms with Crippen LogP contribution in [0.15, 0.2) is 84.9 Å². The zero-order valence-electron chi connectivity index (χ0n) is 21.8. The van der Waals surface area contributed by atoms with Crippen LogP contribution in [0.25, 0.3) is 10.8 Å². The second-order valence-electron chi connectivity index (χ2n) is 9.73. The van der Waals surface area contributed by atoms with Crippen LogP contribution in [0.4, 0.5) is 0 Å². The maximum atomic E-state index is 6.44. The Hall–Kier alpha value is -2.31. The Balaban J connectivity index is 0.00000353. The molecular weight excluding hydrogens is 553 g/mol. The summed E-state index contributed by atoms with van der Waals surface area (Å²) in [5, 5.41) is 7.24. The van der Waals surface area contributed by atoms with Crippen LogP contribution < -0.4 is 10.1 Å². The summed E-state index contributed by atoms with van der Waals surface area (Å²) < 4.78 is 18.1. The summed E-state index contributed by atoms with van der Waals surface area (Å²) in [5.74, 6) is 1.23. The van der Waals surface area contributed by atoms with E-state index >= 15 is 0 Å². The van der Waals surface area contributed by atoms with Gasteiger partial charge in [0.1, 0.15) is 5.75 Å². The van der Waals surface area contributed by atoms with E-state index in [-0.39, 0.29) is 18.5 Å². The smallest absolute Gasteiger partial charge is 0.119 e. The van der Waals surface area contributed by atoms with Gasteiger partial charge in [0.2, 0.25) is 0 Å². The van der Waals surface area contributed by atoms with Crippen molar-refractivity contribution in [1.29, 1.82) is 0 Å². The molecule has 2 atom stereocenters. The van der Waals surface area contributed by atoms with Crippen LogP contribution in [0.1, 0.15) is 35.4 Å². The summed E-state index contributed by atoms with van der Waals surface area (Å²) in [7, 11) is 0. The van der Waals surface area contributed by atoms with Gasteiger partial charge >= 0.3 is 0 Å². The molecule has 5 rings (SSSR count). The molecular formula is C32H34Cl3NO3. The van der Waals surface area contributed by atoms with Crippen LogP contribution in [0, 0.1) is 0 Å². The van der Waals surface area contributed by atoms with Crippen molar-refractivity contribution in [1.82, 2.24) is 5.32 Å². The minimum atomic E-state index is 0. The lowest BCUT2D eigenvalue weighted by Crippen LogP contribution is -2.40. The monoisotopic (exact) mass is 585 g/mol. The van der Waals surface area contributed by atoms with Crippen LogP contribution in [0.2, 0.25) is 10.0 Å². The molecule has 4 aromatic rings. The lowest BCUT2D eigenvalue weighted by molar-refractivity contribution is 0.0106. The molecule has 0 aliphatic carbocycles. The van der Waals surface area contributed by atoms with Crippen molar-refractivity contribution in [3.05, 3.63) is 112 Å². The molecule has 1 aliphatic heterocycles. The van der Waals surface area contributed by atoms with E-state index in [0.717, 1.165) is 37.2 Å². The highest BCUT2D eigenvalue weighted by atomic mass is 35.5. The average Bonchev–Trinajstić information content (AvgIpc) is 2.94. The molecule has 1 aliphatic rings. The first-order valence-corrected chi connectivity index (χ1v) is 13.9. The van der Waals surface area contributed by atoms with Crippen molar-refractivity contribution >= 4 is 46.4 Å². The average molecular weight is 587 g/mol. The standard InChI is InChI=1S/C32H33Cl2NO3.ClH/c33-28-17-24(18-29(34)19-28)21-36-14-3-15-37-30-10-8-26(9-11-30)31-12-13-35-20-32(31)38-22-23-6-7-25-4-1-2-5-27(25)16-23;/h1-2,4-11,16-19,31-32,35H,3,12-15,20-22H2;1H. The van der Waals surface area contributed by atoms with Gasteiger partial charge < -0.3 is 19.5 Å². The molecule has 0 aromatic heterocycles. The van der Waals surface area contributed by atoms with E-state index < -0.39 is 0 Å². The van der Waals surface area contributed by atoms with Gasteiger partial charge in [-0.05, 0) is 76.8 Å². The Morgan fingerprint density at radius 2 is 1.54 bits per heavy atom. The van der Waals surface area contributed by atoms with Crippen LogP contribution >= 0.6 is 35.6 Å². The fraction of sp³-hybridized carbons (Fsp3) is 0.312. The van der Waals surface area contributed by atoms with Gasteiger partial charge in [-0.25, -0.2) is 0 Å². The molecule has 0 saturated carbocycles.